The summed E-state index contributed by atoms with van der Waals surface area (Å²) < 4.78 is 5.24. The average molecular weight is 372 g/mol. The van der Waals surface area contributed by atoms with E-state index < -0.39 is 4.92 Å². The van der Waals surface area contributed by atoms with Gasteiger partial charge in [-0.15, -0.1) is 0 Å². The van der Waals surface area contributed by atoms with Gasteiger partial charge in [-0.05, 0) is 24.3 Å². The number of anilines is 1. The normalized spacial score (nSPS) is 16.4. The molecule has 142 valence electrons. The number of nitro groups is 1. The fraction of sp³-hybridized carbons (Fsp3) is 0.333. The zero-order valence-electron chi connectivity index (χ0n) is 14.6. The summed E-state index contributed by atoms with van der Waals surface area (Å²) in [7, 11) is 0. The Bertz CT molecular complexity index is 804. The molecule has 9 nitrogen and oxygen atoms in total. The van der Waals surface area contributed by atoms with Crippen LogP contribution in [0.4, 0.5) is 11.4 Å². The lowest BCUT2D eigenvalue weighted by Gasteiger charge is -2.15. The van der Waals surface area contributed by atoms with Crippen LogP contribution < -0.4 is 10.6 Å². The van der Waals surface area contributed by atoms with E-state index in [9.17, 15) is 19.7 Å². The van der Waals surface area contributed by atoms with E-state index in [-0.39, 0.29) is 29.8 Å². The summed E-state index contributed by atoms with van der Waals surface area (Å²) in [6.07, 6.45) is 1.75. The number of non-ortho nitro benzene ring substituents is 1. The Balaban J connectivity index is 1.39. The maximum Gasteiger partial charge on any atom is 0.269 e. The van der Waals surface area contributed by atoms with E-state index in [1.807, 2.05) is 0 Å². The monoisotopic (exact) mass is 372 g/mol. The molecule has 1 saturated heterocycles. The van der Waals surface area contributed by atoms with Crippen LogP contribution in [0.1, 0.15) is 12.2 Å². The smallest absolute Gasteiger partial charge is 0.269 e. The molecule has 1 fully saturated rings. The van der Waals surface area contributed by atoms with Crippen LogP contribution >= 0.6 is 0 Å². The van der Waals surface area contributed by atoms with Crippen molar-refractivity contribution in [2.75, 3.05) is 25.0 Å². The topological polar surface area (TPSA) is 118 Å². The molecule has 0 aliphatic carbocycles. The summed E-state index contributed by atoms with van der Waals surface area (Å²) in [4.78, 5) is 36.1. The molecule has 3 rings (SSSR count). The summed E-state index contributed by atoms with van der Waals surface area (Å²) in [6, 6.07) is 9.62. The Hall–Kier alpha value is -3.36. The molecule has 9 heteroatoms. The predicted molar refractivity (Wildman–Crippen MR) is 96.8 cm³/mol. The number of hydrogen-bond acceptors (Lipinski definition) is 6. The van der Waals surface area contributed by atoms with Crippen molar-refractivity contribution in [1.29, 1.82) is 0 Å². The molecule has 1 aliphatic rings. The van der Waals surface area contributed by atoms with Gasteiger partial charge < -0.3 is 20.0 Å². The van der Waals surface area contributed by atoms with Gasteiger partial charge in [0.25, 0.3) is 5.69 Å². The summed E-state index contributed by atoms with van der Waals surface area (Å²) >= 11 is 0. The van der Waals surface area contributed by atoms with E-state index >= 15 is 0 Å². The molecule has 0 radical (unpaired) electrons. The first kappa shape index (κ1) is 18.4. The Morgan fingerprint density at radius 3 is 2.70 bits per heavy atom. The molecule has 1 aromatic heterocycles. The predicted octanol–water partition coefficient (Wildman–Crippen LogP) is 1.76. The van der Waals surface area contributed by atoms with E-state index in [0.717, 1.165) is 5.69 Å². The van der Waals surface area contributed by atoms with Crippen LogP contribution in [0.15, 0.2) is 47.1 Å². The summed E-state index contributed by atoms with van der Waals surface area (Å²) in [6.45, 7) is 1.61. The number of furan rings is 1. The molecule has 1 unspecified atom stereocenters. The van der Waals surface area contributed by atoms with E-state index in [0.29, 0.717) is 31.9 Å². The molecule has 0 spiro atoms. The lowest BCUT2D eigenvalue weighted by atomic mass is 10.1. The largest absolute Gasteiger partial charge is 0.467 e. The Kier molecular flexibility index (Phi) is 5.70. The number of nitrogens with zero attached hydrogens (tertiary/aromatic N) is 2. The highest BCUT2D eigenvalue weighted by Gasteiger charge is 2.34. The molecule has 2 amide bonds. The lowest BCUT2D eigenvalue weighted by molar-refractivity contribution is -0.384. The van der Waals surface area contributed by atoms with Crippen LogP contribution in [0.25, 0.3) is 0 Å². The van der Waals surface area contributed by atoms with Crippen molar-refractivity contribution in [3.63, 3.8) is 0 Å². The third-order valence-corrected chi connectivity index (χ3v) is 4.34. The number of rotatable bonds is 8. The van der Waals surface area contributed by atoms with Crippen LogP contribution in [0.2, 0.25) is 0 Å². The molecule has 2 aromatic rings. The van der Waals surface area contributed by atoms with Gasteiger partial charge in [-0.3, -0.25) is 19.7 Å². The fourth-order valence-corrected chi connectivity index (χ4v) is 2.93. The van der Waals surface area contributed by atoms with Crippen LogP contribution in [-0.2, 0) is 16.1 Å². The molecule has 1 aliphatic heterocycles. The zero-order chi connectivity index (χ0) is 19.2. The first-order valence-corrected chi connectivity index (χ1v) is 8.59. The second-order valence-electron chi connectivity index (χ2n) is 6.28. The number of nitro benzene ring substituents is 1. The summed E-state index contributed by atoms with van der Waals surface area (Å²) in [5.74, 6) is 0.106. The number of benzene rings is 1. The third kappa shape index (κ3) is 4.84. The Morgan fingerprint density at radius 2 is 2.04 bits per heavy atom. The Morgan fingerprint density at radius 1 is 1.26 bits per heavy atom. The minimum absolute atomic E-state index is 0.0267. The Labute approximate surface area is 155 Å². The molecule has 0 saturated carbocycles. The number of amides is 2. The van der Waals surface area contributed by atoms with Gasteiger partial charge in [0.1, 0.15) is 5.76 Å². The maximum atomic E-state index is 12.3. The number of carbonyl (C=O) groups excluding carboxylic acids is 2. The standard InChI is InChI=1S/C18H20N4O5/c23-17-10-13(11-21(17)12-16-2-1-9-27-16)18(24)20-8-7-19-14-3-5-15(6-4-14)22(25)26/h1-6,9,13,19H,7-8,10-12H2,(H,20,24). The zero-order valence-corrected chi connectivity index (χ0v) is 14.6. The van der Waals surface area contributed by atoms with Crippen molar-refractivity contribution in [3.8, 4) is 0 Å². The summed E-state index contributed by atoms with van der Waals surface area (Å²) in [5, 5.41) is 16.5. The van der Waals surface area contributed by atoms with Gasteiger partial charge >= 0.3 is 0 Å². The van der Waals surface area contributed by atoms with Gasteiger partial charge in [-0.25, -0.2) is 0 Å². The first-order valence-electron chi connectivity index (χ1n) is 8.59. The minimum atomic E-state index is -0.456. The van der Waals surface area contributed by atoms with Gasteiger partial charge in [0.15, 0.2) is 0 Å². The van der Waals surface area contributed by atoms with Gasteiger partial charge in [0, 0.05) is 43.9 Å². The average Bonchev–Trinajstić information content (AvgIpc) is 3.29. The van der Waals surface area contributed by atoms with Crippen molar-refractivity contribution >= 4 is 23.2 Å². The van der Waals surface area contributed by atoms with Gasteiger partial charge in [0.05, 0.1) is 23.6 Å². The highest BCUT2D eigenvalue weighted by Crippen LogP contribution is 2.20. The maximum absolute atomic E-state index is 12.3. The van der Waals surface area contributed by atoms with Gasteiger partial charge in [-0.1, -0.05) is 0 Å². The van der Waals surface area contributed by atoms with E-state index in [4.69, 9.17) is 4.42 Å². The molecule has 2 heterocycles. The van der Waals surface area contributed by atoms with Crippen LogP contribution in [0.3, 0.4) is 0 Å². The highest BCUT2D eigenvalue weighted by molar-refractivity contribution is 5.89. The number of likely N-dealkylation sites (tertiary alicyclic amines) is 1. The van der Waals surface area contributed by atoms with Crippen molar-refractivity contribution in [1.82, 2.24) is 10.2 Å². The van der Waals surface area contributed by atoms with Crippen molar-refractivity contribution in [2.45, 2.75) is 13.0 Å². The van der Waals surface area contributed by atoms with Crippen LogP contribution in [0.5, 0.6) is 0 Å². The second kappa shape index (κ2) is 8.35. The molecular weight excluding hydrogens is 352 g/mol. The number of carbonyl (C=O) groups is 2. The SMILES string of the molecule is O=C(NCCNc1ccc([N+](=O)[O-])cc1)C1CC(=O)N(Cc2ccco2)C1. The number of nitrogens with one attached hydrogen (secondary N) is 2. The third-order valence-electron chi connectivity index (χ3n) is 4.34. The summed E-state index contributed by atoms with van der Waals surface area (Å²) in [5.41, 5.74) is 0.759. The number of hydrogen-bond donors (Lipinski definition) is 2. The quantitative estimate of drug-likeness (QED) is 0.414. The molecule has 1 aromatic carbocycles. The van der Waals surface area contributed by atoms with Gasteiger partial charge in [-0.2, -0.15) is 0 Å². The highest BCUT2D eigenvalue weighted by atomic mass is 16.6. The molecule has 0 bridgehead atoms. The first-order chi connectivity index (χ1) is 13.0. The van der Waals surface area contributed by atoms with E-state index in [1.54, 1.807) is 35.4 Å². The van der Waals surface area contributed by atoms with Crippen molar-refractivity contribution in [3.05, 3.63) is 58.5 Å². The lowest BCUT2D eigenvalue weighted by Crippen LogP contribution is -2.35. The molecule has 27 heavy (non-hydrogen) atoms. The minimum Gasteiger partial charge on any atom is -0.467 e. The molecular formula is C18H20N4O5. The van der Waals surface area contributed by atoms with E-state index in [2.05, 4.69) is 10.6 Å². The second-order valence-corrected chi connectivity index (χ2v) is 6.28. The van der Waals surface area contributed by atoms with E-state index in [1.165, 1.54) is 12.1 Å². The van der Waals surface area contributed by atoms with Crippen molar-refractivity contribution in [2.24, 2.45) is 5.92 Å². The van der Waals surface area contributed by atoms with Crippen molar-refractivity contribution < 1.29 is 18.9 Å². The molecule has 1 atom stereocenters. The van der Waals surface area contributed by atoms with Crippen LogP contribution in [0, 0.1) is 16.0 Å². The molecule has 2 N–H and O–H groups in total. The fourth-order valence-electron chi connectivity index (χ4n) is 2.93. The van der Waals surface area contributed by atoms with Crippen LogP contribution in [-0.4, -0.2) is 41.3 Å². The van der Waals surface area contributed by atoms with Gasteiger partial charge in [0.2, 0.25) is 11.8 Å².